The van der Waals surface area contributed by atoms with Crippen molar-refractivity contribution in [3.8, 4) is 0 Å². The third-order valence-electron chi connectivity index (χ3n) is 3.22. The molecule has 0 fully saturated rings. The highest BCUT2D eigenvalue weighted by Crippen LogP contribution is 2.34. The molecule has 9 heteroatoms. The van der Waals surface area contributed by atoms with Crippen LogP contribution in [0.25, 0.3) is 5.52 Å². The molecule has 0 bridgehead atoms. The number of hydrogen-bond acceptors (Lipinski definition) is 5. The highest BCUT2D eigenvalue weighted by Gasteiger charge is 2.22. The van der Waals surface area contributed by atoms with Crippen molar-refractivity contribution in [2.24, 2.45) is 0 Å². The molecule has 0 unspecified atom stereocenters. The third kappa shape index (κ3) is 2.59. The lowest BCUT2D eigenvalue weighted by Crippen LogP contribution is -2.24. The molecule has 0 N–H and O–H groups in total. The number of carbonyl (C=O) groups excluding carboxylic acids is 1. The average molecular weight is 332 g/mol. The van der Waals surface area contributed by atoms with Crippen LogP contribution in [0.3, 0.4) is 0 Å². The van der Waals surface area contributed by atoms with E-state index in [1.54, 1.807) is 29.0 Å². The topological polar surface area (TPSA) is 93.6 Å². The van der Waals surface area contributed by atoms with Crippen LogP contribution in [0.4, 0.5) is 17.2 Å². The van der Waals surface area contributed by atoms with E-state index < -0.39 is 4.92 Å². The summed E-state index contributed by atoms with van der Waals surface area (Å²) in [5, 5.41) is 15.3. The molecule has 3 heterocycles. The summed E-state index contributed by atoms with van der Waals surface area (Å²) in [5.74, 6) is -0.249. The van der Waals surface area contributed by atoms with E-state index >= 15 is 0 Å². The minimum absolute atomic E-state index is 0.123. The Balaban J connectivity index is 2.18. The Labute approximate surface area is 135 Å². The van der Waals surface area contributed by atoms with Crippen LogP contribution >= 0.6 is 11.6 Å². The molecule has 0 aliphatic rings. The molecule has 0 aromatic carbocycles. The molecule has 0 atom stereocenters. The van der Waals surface area contributed by atoms with Crippen molar-refractivity contribution in [2.45, 2.75) is 6.92 Å². The van der Waals surface area contributed by atoms with E-state index in [4.69, 9.17) is 11.6 Å². The van der Waals surface area contributed by atoms with Crippen LogP contribution in [0.5, 0.6) is 0 Å². The van der Waals surface area contributed by atoms with Crippen molar-refractivity contribution in [1.82, 2.24) is 14.6 Å². The van der Waals surface area contributed by atoms with Crippen molar-refractivity contribution in [3.63, 3.8) is 0 Å². The lowest BCUT2D eigenvalue weighted by atomic mass is 10.3. The molecule has 0 spiro atoms. The number of aromatic nitrogens is 3. The predicted octanol–water partition coefficient (Wildman–Crippen LogP) is 2.98. The Morgan fingerprint density at radius 3 is 2.83 bits per heavy atom. The van der Waals surface area contributed by atoms with Gasteiger partial charge in [-0.15, -0.1) is 0 Å². The van der Waals surface area contributed by atoms with Gasteiger partial charge in [0, 0.05) is 25.4 Å². The number of fused-ring (bicyclic) bond motifs is 1. The van der Waals surface area contributed by atoms with Gasteiger partial charge in [0.25, 0.3) is 5.69 Å². The van der Waals surface area contributed by atoms with Crippen LogP contribution in [0.1, 0.15) is 6.92 Å². The Hall–Kier alpha value is -3.00. The number of anilines is 2. The van der Waals surface area contributed by atoms with Crippen molar-refractivity contribution in [2.75, 3.05) is 4.90 Å². The smallest absolute Gasteiger partial charge is 0.274 e. The molecular weight excluding hydrogens is 322 g/mol. The normalized spacial score (nSPS) is 10.7. The molecule has 8 nitrogen and oxygen atoms in total. The summed E-state index contributed by atoms with van der Waals surface area (Å²) < 4.78 is 1.56. The van der Waals surface area contributed by atoms with Crippen LogP contribution in [-0.2, 0) is 4.79 Å². The van der Waals surface area contributed by atoms with Gasteiger partial charge in [-0.2, -0.15) is 5.10 Å². The lowest BCUT2D eigenvalue weighted by Gasteiger charge is -2.21. The first-order valence-corrected chi connectivity index (χ1v) is 6.90. The standard InChI is InChI=1S/C14H10ClN5O3/c1-9(21)19(13-8-10(20(22)23)2-5-16-13)12-4-7-18-11(14(12)15)3-6-17-18/h2-8H,1H3. The lowest BCUT2D eigenvalue weighted by molar-refractivity contribution is -0.384. The molecule has 116 valence electrons. The summed E-state index contributed by atoms with van der Waals surface area (Å²) >= 11 is 6.36. The molecule has 3 aromatic heterocycles. The van der Waals surface area contributed by atoms with Crippen molar-refractivity contribution >= 4 is 40.2 Å². The predicted molar refractivity (Wildman–Crippen MR) is 83.9 cm³/mol. The van der Waals surface area contributed by atoms with E-state index in [0.29, 0.717) is 16.2 Å². The quantitative estimate of drug-likeness (QED) is 0.543. The maximum atomic E-state index is 12.1. The van der Waals surface area contributed by atoms with Crippen molar-refractivity contribution in [1.29, 1.82) is 0 Å². The molecule has 23 heavy (non-hydrogen) atoms. The van der Waals surface area contributed by atoms with Gasteiger partial charge in [0.2, 0.25) is 5.91 Å². The van der Waals surface area contributed by atoms with Gasteiger partial charge in [-0.05, 0) is 12.1 Å². The highest BCUT2D eigenvalue weighted by atomic mass is 35.5. The van der Waals surface area contributed by atoms with Crippen molar-refractivity contribution in [3.05, 3.63) is 58.0 Å². The zero-order valence-corrected chi connectivity index (χ0v) is 12.6. The minimum Gasteiger partial charge on any atom is -0.274 e. The van der Waals surface area contributed by atoms with E-state index in [-0.39, 0.29) is 17.4 Å². The van der Waals surface area contributed by atoms with Gasteiger partial charge in [0.1, 0.15) is 5.82 Å². The van der Waals surface area contributed by atoms with Crippen LogP contribution in [0.15, 0.2) is 42.9 Å². The van der Waals surface area contributed by atoms with Gasteiger partial charge < -0.3 is 0 Å². The first kappa shape index (κ1) is 14.9. The second kappa shape index (κ2) is 5.65. The van der Waals surface area contributed by atoms with Gasteiger partial charge in [0.15, 0.2) is 0 Å². The maximum Gasteiger partial charge on any atom is 0.274 e. The van der Waals surface area contributed by atoms with Gasteiger partial charge in [0.05, 0.1) is 33.4 Å². The van der Waals surface area contributed by atoms with Gasteiger partial charge in [-0.1, -0.05) is 11.6 Å². The van der Waals surface area contributed by atoms with Gasteiger partial charge in [-0.25, -0.2) is 9.50 Å². The Bertz CT molecular complexity index is 924. The number of amides is 1. The van der Waals surface area contributed by atoms with Crippen LogP contribution in [0, 0.1) is 10.1 Å². The molecule has 0 saturated heterocycles. The number of halogens is 1. The van der Waals surface area contributed by atoms with E-state index in [9.17, 15) is 14.9 Å². The number of nitro groups is 1. The van der Waals surface area contributed by atoms with Crippen LogP contribution in [0.2, 0.25) is 5.02 Å². The number of hydrogen-bond donors (Lipinski definition) is 0. The summed E-state index contributed by atoms with van der Waals surface area (Å²) in [4.78, 5) is 27.7. The number of nitrogens with zero attached hydrogens (tertiary/aromatic N) is 5. The van der Waals surface area contributed by atoms with Crippen molar-refractivity contribution < 1.29 is 9.72 Å². The third-order valence-corrected chi connectivity index (χ3v) is 3.61. The largest absolute Gasteiger partial charge is 0.274 e. The zero-order valence-electron chi connectivity index (χ0n) is 11.9. The number of carbonyl (C=O) groups is 1. The molecule has 0 saturated carbocycles. The Kier molecular flexibility index (Phi) is 3.67. The Morgan fingerprint density at radius 1 is 1.35 bits per heavy atom. The van der Waals surface area contributed by atoms with E-state index in [1.165, 1.54) is 30.2 Å². The minimum atomic E-state index is -0.550. The second-order valence-electron chi connectivity index (χ2n) is 4.66. The molecule has 3 aromatic rings. The molecule has 0 aliphatic carbocycles. The van der Waals surface area contributed by atoms with Gasteiger partial charge >= 0.3 is 0 Å². The number of pyridine rings is 2. The Morgan fingerprint density at radius 2 is 2.13 bits per heavy atom. The van der Waals surface area contributed by atoms with Crippen LogP contribution in [-0.4, -0.2) is 25.4 Å². The SMILES string of the molecule is CC(=O)N(c1cc([N+](=O)[O-])ccn1)c1ccn2nccc2c1Cl. The fourth-order valence-corrected chi connectivity index (χ4v) is 2.52. The second-order valence-corrected chi connectivity index (χ2v) is 5.04. The van der Waals surface area contributed by atoms with Gasteiger partial charge in [-0.3, -0.25) is 19.8 Å². The molecule has 0 aliphatic heterocycles. The fourth-order valence-electron chi connectivity index (χ4n) is 2.22. The molecular formula is C14H10ClN5O3. The highest BCUT2D eigenvalue weighted by molar-refractivity contribution is 6.37. The first-order chi connectivity index (χ1) is 11.0. The maximum absolute atomic E-state index is 12.1. The molecule has 0 radical (unpaired) electrons. The monoisotopic (exact) mass is 331 g/mol. The van der Waals surface area contributed by atoms with E-state index in [2.05, 4.69) is 10.1 Å². The van der Waals surface area contributed by atoms with Crippen LogP contribution < -0.4 is 4.90 Å². The summed E-state index contributed by atoms with van der Waals surface area (Å²) in [5.41, 5.74) is 0.823. The summed E-state index contributed by atoms with van der Waals surface area (Å²) in [6, 6.07) is 5.77. The molecule has 1 amide bonds. The fraction of sp³-hybridized carbons (Fsp3) is 0.0714. The number of rotatable bonds is 3. The summed E-state index contributed by atoms with van der Waals surface area (Å²) in [6.45, 7) is 1.33. The first-order valence-electron chi connectivity index (χ1n) is 6.52. The molecule has 3 rings (SSSR count). The zero-order chi connectivity index (χ0) is 16.6. The van der Waals surface area contributed by atoms with E-state index in [1.807, 2.05) is 0 Å². The summed E-state index contributed by atoms with van der Waals surface area (Å²) in [7, 11) is 0. The average Bonchev–Trinajstić information content (AvgIpc) is 2.99. The van der Waals surface area contributed by atoms with E-state index in [0.717, 1.165) is 0 Å². The summed E-state index contributed by atoms with van der Waals surface area (Å²) in [6.07, 6.45) is 4.49.